The third-order valence-electron chi connectivity index (χ3n) is 3.44. The monoisotopic (exact) mass is 320 g/mol. The van der Waals surface area contributed by atoms with Gasteiger partial charge in [-0.05, 0) is 24.8 Å². The summed E-state index contributed by atoms with van der Waals surface area (Å²) in [6, 6.07) is 7.83. The first-order chi connectivity index (χ1) is 10.8. The van der Waals surface area contributed by atoms with Gasteiger partial charge in [-0.15, -0.1) is 0 Å². The van der Waals surface area contributed by atoms with E-state index < -0.39 is 12.2 Å². The Kier molecular flexibility index (Phi) is 7.59. The van der Waals surface area contributed by atoms with Crippen molar-refractivity contribution in [2.45, 2.75) is 39.7 Å². The van der Waals surface area contributed by atoms with E-state index in [2.05, 4.69) is 5.32 Å². The Labute approximate surface area is 139 Å². The molecule has 1 rings (SSSR count). The highest BCUT2D eigenvalue weighted by Gasteiger charge is 2.19. The molecule has 0 fully saturated rings. The molecule has 1 N–H and O–H groups in total. The van der Waals surface area contributed by atoms with Gasteiger partial charge in [0.15, 0.2) is 0 Å². The molecule has 0 bridgehead atoms. The van der Waals surface area contributed by atoms with Gasteiger partial charge in [-0.3, -0.25) is 4.79 Å². The average Bonchev–Trinajstić information content (AvgIpc) is 2.48. The number of nitrogens with one attached hydrogen (secondary N) is 1. The van der Waals surface area contributed by atoms with E-state index in [-0.39, 0.29) is 5.91 Å². The Hall–Kier alpha value is -2.04. The fraction of sp³-hybridized carbons (Fsp3) is 0.556. The third-order valence-corrected chi connectivity index (χ3v) is 3.44. The van der Waals surface area contributed by atoms with E-state index >= 15 is 0 Å². The molecular formula is C18H28N2O3. The van der Waals surface area contributed by atoms with Crippen LogP contribution in [0.4, 0.5) is 4.79 Å². The lowest BCUT2D eigenvalue weighted by Gasteiger charge is -2.20. The van der Waals surface area contributed by atoms with Gasteiger partial charge < -0.3 is 15.0 Å². The zero-order valence-corrected chi connectivity index (χ0v) is 14.8. The van der Waals surface area contributed by atoms with Crippen molar-refractivity contribution in [2.75, 3.05) is 20.6 Å². The number of rotatable bonds is 7. The minimum Gasteiger partial charge on any atom is -0.441 e. The molecule has 5 nitrogen and oxygen atoms in total. The molecule has 0 aliphatic rings. The van der Waals surface area contributed by atoms with E-state index in [4.69, 9.17) is 4.74 Å². The number of aryl methyl sites for hydroxylation is 1. The van der Waals surface area contributed by atoms with Crippen molar-refractivity contribution in [3.05, 3.63) is 35.4 Å². The van der Waals surface area contributed by atoms with Crippen LogP contribution in [0.25, 0.3) is 0 Å². The number of alkyl carbamates (subject to hydrolysis) is 1. The van der Waals surface area contributed by atoms with Crippen molar-refractivity contribution in [1.29, 1.82) is 0 Å². The van der Waals surface area contributed by atoms with Crippen LogP contribution in [-0.2, 0) is 9.53 Å². The summed E-state index contributed by atoms with van der Waals surface area (Å²) in [7, 11) is 3.44. The number of hydrogen-bond donors (Lipinski definition) is 1. The zero-order valence-electron chi connectivity index (χ0n) is 14.8. The lowest BCUT2D eigenvalue weighted by Crippen LogP contribution is -2.30. The van der Waals surface area contributed by atoms with Crippen molar-refractivity contribution in [3.63, 3.8) is 0 Å². The first-order valence-corrected chi connectivity index (χ1v) is 8.00. The molecule has 1 unspecified atom stereocenters. The number of carbonyl (C=O) groups is 2. The Morgan fingerprint density at radius 2 is 1.96 bits per heavy atom. The predicted octanol–water partition coefficient (Wildman–Crippen LogP) is 3.29. The second kappa shape index (κ2) is 9.18. The van der Waals surface area contributed by atoms with Crippen LogP contribution in [0.15, 0.2) is 24.3 Å². The number of ether oxygens (including phenoxy) is 1. The van der Waals surface area contributed by atoms with E-state index in [9.17, 15) is 9.59 Å². The van der Waals surface area contributed by atoms with Crippen LogP contribution >= 0.6 is 0 Å². The Bertz CT molecular complexity index is 527. The molecule has 0 saturated carbocycles. The number of amides is 2. The van der Waals surface area contributed by atoms with E-state index in [0.717, 1.165) is 11.1 Å². The van der Waals surface area contributed by atoms with Gasteiger partial charge in [-0.2, -0.15) is 0 Å². The van der Waals surface area contributed by atoms with Crippen LogP contribution in [0.3, 0.4) is 0 Å². The minimum absolute atomic E-state index is 0.0221. The smallest absolute Gasteiger partial charge is 0.407 e. The largest absolute Gasteiger partial charge is 0.441 e. The highest BCUT2D eigenvalue weighted by atomic mass is 16.6. The molecule has 0 saturated heterocycles. The van der Waals surface area contributed by atoms with E-state index in [1.807, 2.05) is 45.0 Å². The minimum atomic E-state index is -0.442. The molecule has 5 heteroatoms. The van der Waals surface area contributed by atoms with Gasteiger partial charge in [0.2, 0.25) is 5.91 Å². The van der Waals surface area contributed by atoms with E-state index in [1.54, 1.807) is 19.0 Å². The quantitative estimate of drug-likeness (QED) is 0.838. The maximum absolute atomic E-state index is 12.0. The first-order valence-electron chi connectivity index (χ1n) is 8.00. The summed E-state index contributed by atoms with van der Waals surface area (Å²) in [6.45, 7) is 6.60. The second-order valence-electron chi connectivity index (χ2n) is 6.41. The SMILES string of the molecule is Cc1cccc(C(CCC(=O)N(C)C)OC(=O)NCC(C)C)c1. The molecule has 0 spiro atoms. The van der Waals surface area contributed by atoms with E-state index in [0.29, 0.717) is 25.3 Å². The van der Waals surface area contributed by atoms with Crippen LogP contribution < -0.4 is 5.32 Å². The highest BCUT2D eigenvalue weighted by molar-refractivity contribution is 5.75. The Balaban J connectivity index is 2.76. The third kappa shape index (κ3) is 7.17. The van der Waals surface area contributed by atoms with Crippen molar-refractivity contribution in [3.8, 4) is 0 Å². The number of hydrogen-bond acceptors (Lipinski definition) is 3. The fourth-order valence-electron chi connectivity index (χ4n) is 2.10. The van der Waals surface area contributed by atoms with Gasteiger partial charge >= 0.3 is 6.09 Å². The molecule has 128 valence electrons. The fourth-order valence-corrected chi connectivity index (χ4v) is 2.10. The van der Waals surface area contributed by atoms with Gasteiger partial charge in [0.05, 0.1) is 0 Å². The summed E-state index contributed by atoms with van der Waals surface area (Å²) in [6.07, 6.45) is -0.0630. The molecule has 2 amide bonds. The van der Waals surface area contributed by atoms with Crippen LogP contribution in [0, 0.1) is 12.8 Å². The normalized spacial score (nSPS) is 11.9. The zero-order chi connectivity index (χ0) is 17.4. The number of nitrogens with zero attached hydrogens (tertiary/aromatic N) is 1. The maximum Gasteiger partial charge on any atom is 0.407 e. The number of benzene rings is 1. The van der Waals surface area contributed by atoms with Gasteiger partial charge in [0.1, 0.15) is 6.10 Å². The second-order valence-corrected chi connectivity index (χ2v) is 6.41. The summed E-state index contributed by atoms with van der Waals surface area (Å²) < 4.78 is 5.55. The van der Waals surface area contributed by atoms with Crippen LogP contribution in [0.5, 0.6) is 0 Å². The van der Waals surface area contributed by atoms with Gasteiger partial charge in [0.25, 0.3) is 0 Å². The molecule has 0 aliphatic carbocycles. The molecule has 0 radical (unpaired) electrons. The Morgan fingerprint density at radius 3 is 2.52 bits per heavy atom. The molecule has 23 heavy (non-hydrogen) atoms. The summed E-state index contributed by atoms with van der Waals surface area (Å²) in [5.41, 5.74) is 2.01. The number of carbonyl (C=O) groups excluding carboxylic acids is 2. The molecule has 0 heterocycles. The summed E-state index contributed by atoms with van der Waals surface area (Å²) in [5, 5.41) is 2.75. The van der Waals surface area contributed by atoms with Crippen molar-refractivity contribution in [2.24, 2.45) is 5.92 Å². The standard InChI is InChI=1S/C18H28N2O3/c1-13(2)12-19-18(22)23-16(9-10-17(21)20(4)5)15-8-6-7-14(3)11-15/h6-8,11,13,16H,9-10,12H2,1-5H3,(H,19,22). The molecule has 0 aliphatic heterocycles. The van der Waals surface area contributed by atoms with Gasteiger partial charge in [-0.1, -0.05) is 43.7 Å². The van der Waals surface area contributed by atoms with Crippen LogP contribution in [-0.4, -0.2) is 37.5 Å². The molecular weight excluding hydrogens is 292 g/mol. The first kappa shape index (κ1) is 19.0. The maximum atomic E-state index is 12.0. The van der Waals surface area contributed by atoms with Crippen molar-refractivity contribution < 1.29 is 14.3 Å². The Morgan fingerprint density at radius 1 is 1.26 bits per heavy atom. The predicted molar refractivity (Wildman–Crippen MR) is 91.2 cm³/mol. The summed E-state index contributed by atoms with van der Waals surface area (Å²) in [5.74, 6) is 0.379. The molecule has 1 atom stereocenters. The summed E-state index contributed by atoms with van der Waals surface area (Å²) in [4.78, 5) is 25.3. The topological polar surface area (TPSA) is 58.6 Å². The molecule has 0 aromatic heterocycles. The summed E-state index contributed by atoms with van der Waals surface area (Å²) >= 11 is 0. The van der Waals surface area contributed by atoms with Gasteiger partial charge in [-0.25, -0.2) is 4.79 Å². The van der Waals surface area contributed by atoms with E-state index in [1.165, 1.54) is 0 Å². The lowest BCUT2D eigenvalue weighted by molar-refractivity contribution is -0.129. The highest BCUT2D eigenvalue weighted by Crippen LogP contribution is 2.24. The lowest BCUT2D eigenvalue weighted by atomic mass is 10.0. The average molecular weight is 320 g/mol. The van der Waals surface area contributed by atoms with Crippen molar-refractivity contribution in [1.82, 2.24) is 10.2 Å². The molecule has 1 aromatic rings. The van der Waals surface area contributed by atoms with Gasteiger partial charge in [0, 0.05) is 27.1 Å². The van der Waals surface area contributed by atoms with Crippen LogP contribution in [0.1, 0.15) is 43.9 Å². The van der Waals surface area contributed by atoms with Crippen LogP contribution in [0.2, 0.25) is 0 Å². The van der Waals surface area contributed by atoms with Crippen molar-refractivity contribution >= 4 is 12.0 Å². The molecule has 1 aromatic carbocycles.